The summed E-state index contributed by atoms with van der Waals surface area (Å²) in [7, 11) is -5.20. The summed E-state index contributed by atoms with van der Waals surface area (Å²) in [4.78, 5) is 21.3. The van der Waals surface area contributed by atoms with E-state index in [9.17, 15) is 28.2 Å². The second-order valence-electron chi connectivity index (χ2n) is 3.34. The Labute approximate surface area is 160 Å². The summed E-state index contributed by atoms with van der Waals surface area (Å²) >= 11 is 0. The molecule has 0 aliphatic heterocycles. The van der Waals surface area contributed by atoms with Gasteiger partial charge in [0.1, 0.15) is 4.75 Å². The predicted octanol–water partition coefficient (Wildman–Crippen LogP) is -8.55. The minimum atomic E-state index is -5.20. The average Bonchev–Trinajstić information content (AvgIpc) is 2.19. The summed E-state index contributed by atoms with van der Waals surface area (Å²) < 4.78 is 32.7. The number of carbonyl (C=O) groups is 2. The molecule has 1 unspecified atom stereocenters. The molecule has 0 amide bonds. The van der Waals surface area contributed by atoms with E-state index in [-0.39, 0.29) is 65.7 Å². The fourth-order valence-corrected chi connectivity index (χ4v) is 1.98. The van der Waals surface area contributed by atoms with Crippen molar-refractivity contribution >= 4 is 22.1 Å². The standard InChI is InChI=1S/C9H14O8S.2Na/c1-2-17-5-3-4-9(8(12)13,6-7(10)11)18(14,15)16;;/h3,5H,2,4,6H2,1H3,(H,10,11)(H,12,13)(H,14,15,16);;/q;2*+1/p-2. The van der Waals surface area contributed by atoms with Gasteiger partial charge in [0.15, 0.2) is 0 Å². The van der Waals surface area contributed by atoms with Crippen LogP contribution < -0.4 is 69.3 Å². The Morgan fingerprint density at radius 3 is 2.10 bits per heavy atom. The molecular weight excluding hydrogens is 314 g/mol. The molecule has 0 aromatic carbocycles. The topological polar surface area (TPSA) is 144 Å². The summed E-state index contributed by atoms with van der Waals surface area (Å²) in [6, 6.07) is 0. The molecule has 1 N–H and O–H groups in total. The predicted molar refractivity (Wildman–Crippen MR) is 54.3 cm³/mol. The SMILES string of the molecule is CCOC=CCC(CC(=O)[O-])(C(=O)[O-])S(=O)(=O)O.[Na+].[Na+]. The van der Waals surface area contributed by atoms with Crippen LogP contribution in [0.1, 0.15) is 19.8 Å². The van der Waals surface area contributed by atoms with Gasteiger partial charge in [-0.25, -0.2) is 0 Å². The van der Waals surface area contributed by atoms with E-state index in [1.165, 1.54) is 0 Å². The van der Waals surface area contributed by atoms with Crippen LogP contribution in [0.25, 0.3) is 0 Å². The van der Waals surface area contributed by atoms with Gasteiger partial charge in [-0.3, -0.25) is 4.55 Å². The number of carboxylic acid groups (broad SMARTS) is 2. The van der Waals surface area contributed by atoms with Crippen molar-refractivity contribution in [1.29, 1.82) is 0 Å². The molecule has 8 nitrogen and oxygen atoms in total. The Hall–Kier alpha value is 0.390. The maximum absolute atomic E-state index is 11.1. The van der Waals surface area contributed by atoms with Gasteiger partial charge in [-0.05, 0) is 19.4 Å². The molecule has 0 fully saturated rings. The van der Waals surface area contributed by atoms with Gasteiger partial charge in [0, 0.05) is 12.4 Å². The van der Waals surface area contributed by atoms with E-state index in [0.717, 1.165) is 12.3 Å². The number of carbonyl (C=O) groups excluding carboxylic acids is 2. The number of ether oxygens (including phenoxy) is 1. The number of hydrogen-bond donors (Lipinski definition) is 1. The molecule has 0 aromatic rings. The molecule has 0 rings (SSSR count). The third-order valence-corrected chi connectivity index (χ3v) is 3.57. The zero-order valence-corrected chi connectivity index (χ0v) is 16.3. The van der Waals surface area contributed by atoms with E-state index < -0.39 is 39.6 Å². The van der Waals surface area contributed by atoms with Crippen molar-refractivity contribution < 1.29 is 96.6 Å². The van der Waals surface area contributed by atoms with Gasteiger partial charge in [0.25, 0.3) is 10.1 Å². The van der Waals surface area contributed by atoms with Crippen LogP contribution in [0, 0.1) is 0 Å². The number of allylic oxidation sites excluding steroid dienone is 1. The molecule has 0 bridgehead atoms. The van der Waals surface area contributed by atoms with Crippen LogP contribution in [-0.4, -0.2) is 36.3 Å². The molecule has 1 atom stereocenters. The van der Waals surface area contributed by atoms with Crippen LogP contribution in [0.15, 0.2) is 12.3 Å². The smallest absolute Gasteiger partial charge is 0.550 e. The number of hydrogen-bond acceptors (Lipinski definition) is 7. The molecule has 0 saturated heterocycles. The van der Waals surface area contributed by atoms with E-state index in [2.05, 4.69) is 0 Å². The number of rotatable bonds is 8. The Kier molecular flexibility index (Phi) is 14.0. The minimum Gasteiger partial charge on any atom is -0.550 e. The van der Waals surface area contributed by atoms with Gasteiger partial charge in [-0.1, -0.05) is 0 Å². The van der Waals surface area contributed by atoms with Crippen molar-refractivity contribution in [1.82, 2.24) is 0 Å². The molecule has 0 heterocycles. The average molecular weight is 326 g/mol. The van der Waals surface area contributed by atoms with E-state index >= 15 is 0 Å². The normalized spacial score (nSPS) is 13.7. The van der Waals surface area contributed by atoms with Crippen LogP contribution in [-0.2, 0) is 24.4 Å². The first kappa shape index (κ1) is 25.3. The maximum Gasteiger partial charge on any atom is 1.00 e. The van der Waals surface area contributed by atoms with Crippen LogP contribution in [0.4, 0.5) is 0 Å². The fraction of sp³-hybridized carbons (Fsp3) is 0.556. The molecule has 0 aliphatic carbocycles. The second kappa shape index (κ2) is 11.0. The minimum absolute atomic E-state index is 0. The summed E-state index contributed by atoms with van der Waals surface area (Å²) in [5, 5.41) is 21.3. The third kappa shape index (κ3) is 7.41. The molecule has 0 aromatic heterocycles. The number of aliphatic carboxylic acids is 2. The largest absolute Gasteiger partial charge is 1.00 e. The first-order valence-electron chi connectivity index (χ1n) is 4.82. The van der Waals surface area contributed by atoms with Crippen molar-refractivity contribution in [3.05, 3.63) is 12.3 Å². The Morgan fingerprint density at radius 2 is 1.80 bits per heavy atom. The van der Waals surface area contributed by atoms with E-state index in [0.29, 0.717) is 0 Å². The van der Waals surface area contributed by atoms with Gasteiger partial charge in [0.05, 0.1) is 18.8 Å². The Balaban J connectivity index is -0.00000144. The van der Waals surface area contributed by atoms with E-state index in [1.54, 1.807) is 6.92 Å². The first-order valence-corrected chi connectivity index (χ1v) is 6.26. The molecule has 0 spiro atoms. The monoisotopic (exact) mass is 326 g/mol. The van der Waals surface area contributed by atoms with Crippen molar-refractivity contribution in [2.45, 2.75) is 24.5 Å². The summed E-state index contributed by atoms with van der Waals surface area (Å²) in [6.45, 7) is 1.88. The van der Waals surface area contributed by atoms with Crippen molar-refractivity contribution in [3.8, 4) is 0 Å². The van der Waals surface area contributed by atoms with Crippen LogP contribution >= 0.6 is 0 Å². The Morgan fingerprint density at radius 1 is 1.30 bits per heavy atom. The Bertz CT molecular complexity index is 447. The van der Waals surface area contributed by atoms with Gasteiger partial charge in [0.2, 0.25) is 0 Å². The third-order valence-electron chi connectivity index (χ3n) is 2.10. The summed E-state index contributed by atoms with van der Waals surface area (Å²) in [5.74, 6) is -4.17. The molecule has 11 heteroatoms. The number of carboxylic acids is 2. The van der Waals surface area contributed by atoms with Crippen molar-refractivity contribution in [3.63, 3.8) is 0 Å². The molecule has 0 saturated carbocycles. The first-order chi connectivity index (χ1) is 8.17. The van der Waals surface area contributed by atoms with Crippen LogP contribution in [0.2, 0.25) is 0 Å². The molecule has 0 radical (unpaired) electrons. The van der Waals surface area contributed by atoms with Gasteiger partial charge < -0.3 is 24.5 Å². The molecule has 104 valence electrons. The second-order valence-corrected chi connectivity index (χ2v) is 5.07. The molecular formula is C9H12Na2O8S. The van der Waals surface area contributed by atoms with Crippen molar-refractivity contribution in [2.24, 2.45) is 0 Å². The van der Waals surface area contributed by atoms with Gasteiger partial charge >= 0.3 is 59.1 Å². The zero-order chi connectivity index (χ0) is 14.4. The van der Waals surface area contributed by atoms with E-state index in [4.69, 9.17) is 9.29 Å². The van der Waals surface area contributed by atoms with Crippen molar-refractivity contribution in [2.75, 3.05) is 6.61 Å². The maximum atomic E-state index is 11.1. The van der Waals surface area contributed by atoms with Gasteiger partial charge in [-0.15, -0.1) is 0 Å². The molecule has 20 heavy (non-hydrogen) atoms. The van der Waals surface area contributed by atoms with Crippen LogP contribution in [0.3, 0.4) is 0 Å². The quantitative estimate of drug-likeness (QED) is 0.263. The summed E-state index contributed by atoms with van der Waals surface area (Å²) in [5.41, 5.74) is 0. The van der Waals surface area contributed by atoms with Crippen LogP contribution in [0.5, 0.6) is 0 Å². The molecule has 0 aliphatic rings. The fourth-order valence-electron chi connectivity index (χ4n) is 1.17. The van der Waals surface area contributed by atoms with Gasteiger partial charge in [-0.2, -0.15) is 8.42 Å². The zero-order valence-electron chi connectivity index (χ0n) is 11.5. The van der Waals surface area contributed by atoms with E-state index in [1.807, 2.05) is 0 Å². The summed E-state index contributed by atoms with van der Waals surface area (Å²) in [6.07, 6.45) is -0.277.